The predicted octanol–water partition coefficient (Wildman–Crippen LogP) is 3.91. The van der Waals surface area contributed by atoms with E-state index >= 15 is 0 Å². The molecule has 0 saturated carbocycles. The maximum absolute atomic E-state index is 12.8. The third-order valence-corrected chi connectivity index (χ3v) is 9.93. The summed E-state index contributed by atoms with van der Waals surface area (Å²) in [5.74, 6) is -0.443. The molecule has 0 aliphatic heterocycles. The zero-order valence-corrected chi connectivity index (χ0v) is 18.1. The molecule has 7 heteroatoms. The van der Waals surface area contributed by atoms with E-state index in [1.165, 1.54) is 18.0 Å². The monoisotopic (exact) mass is 390 g/mol. The fourth-order valence-corrected chi connectivity index (χ4v) is 3.72. The number of hydrogen-bond acceptors (Lipinski definition) is 5. The summed E-state index contributed by atoms with van der Waals surface area (Å²) < 4.78 is 12.5. The van der Waals surface area contributed by atoms with E-state index in [0.717, 1.165) is 0 Å². The molecule has 1 heterocycles. The second-order valence-electron chi connectivity index (χ2n) is 8.26. The van der Waals surface area contributed by atoms with Crippen LogP contribution in [0.25, 0.3) is 10.9 Å². The second-order valence-corrected chi connectivity index (χ2v) is 13.1. The molecule has 6 nitrogen and oxygen atoms in total. The normalized spacial score (nSPS) is 13.6. The highest BCUT2D eigenvalue weighted by Gasteiger charge is 2.37. The minimum absolute atomic E-state index is 0.133. The van der Waals surface area contributed by atoms with Crippen molar-refractivity contribution in [2.75, 3.05) is 13.7 Å². The van der Waals surface area contributed by atoms with Crippen molar-refractivity contribution in [2.24, 2.45) is 0 Å². The number of carbonyl (C=O) groups excluding carboxylic acids is 1. The number of benzene rings is 1. The summed E-state index contributed by atoms with van der Waals surface area (Å²) in [5, 5.41) is 0.625. The van der Waals surface area contributed by atoms with Gasteiger partial charge in [-0.3, -0.25) is 9.36 Å². The molecule has 0 aliphatic rings. The van der Waals surface area contributed by atoms with Gasteiger partial charge in [0.05, 0.1) is 24.3 Å². The Hall–Kier alpha value is -1.99. The number of rotatable bonds is 7. The topological polar surface area (TPSA) is 70.4 Å². The third kappa shape index (κ3) is 4.84. The lowest BCUT2D eigenvalue weighted by atomic mass is 10.1. The highest BCUT2D eigenvalue weighted by atomic mass is 28.4. The molecule has 2 aromatic rings. The van der Waals surface area contributed by atoms with E-state index in [9.17, 15) is 9.59 Å². The summed E-state index contributed by atoms with van der Waals surface area (Å²) >= 11 is 0. The summed E-state index contributed by atoms with van der Waals surface area (Å²) in [7, 11) is -0.502. The molecule has 2 rings (SSSR count). The highest BCUT2D eigenvalue weighted by Crippen LogP contribution is 2.36. The quantitative estimate of drug-likeness (QED) is 0.407. The summed E-state index contributed by atoms with van der Waals surface area (Å²) in [6.07, 6.45) is 2.55. The molecule has 0 spiro atoms. The number of aromatic nitrogens is 2. The van der Waals surface area contributed by atoms with Gasteiger partial charge in [0, 0.05) is 6.61 Å². The van der Waals surface area contributed by atoms with E-state index < -0.39 is 20.3 Å². The number of fused-ring (bicyclic) bond motifs is 1. The van der Waals surface area contributed by atoms with Crippen LogP contribution in [0.4, 0.5) is 0 Å². The number of para-hydroxylation sites is 1. The molecular weight excluding hydrogens is 360 g/mol. The number of ether oxygens (including phenoxy) is 1. The highest BCUT2D eigenvalue weighted by molar-refractivity contribution is 6.74. The van der Waals surface area contributed by atoms with E-state index in [-0.39, 0.29) is 10.6 Å². The fourth-order valence-electron chi connectivity index (χ4n) is 2.63. The first-order valence-corrected chi connectivity index (χ1v) is 12.2. The van der Waals surface area contributed by atoms with Gasteiger partial charge in [0.25, 0.3) is 5.56 Å². The molecule has 27 heavy (non-hydrogen) atoms. The largest absolute Gasteiger partial charge is 0.467 e. The Morgan fingerprint density at radius 1 is 1.26 bits per heavy atom. The van der Waals surface area contributed by atoms with E-state index in [0.29, 0.717) is 30.4 Å². The number of hydrogen-bond donors (Lipinski definition) is 0. The van der Waals surface area contributed by atoms with E-state index in [1.807, 2.05) is 6.07 Å². The first-order chi connectivity index (χ1) is 12.6. The van der Waals surface area contributed by atoms with Crippen molar-refractivity contribution >= 4 is 25.2 Å². The number of esters is 1. The molecule has 148 valence electrons. The van der Waals surface area contributed by atoms with Crippen LogP contribution in [-0.2, 0) is 14.0 Å². The van der Waals surface area contributed by atoms with Crippen molar-refractivity contribution in [3.63, 3.8) is 0 Å². The van der Waals surface area contributed by atoms with Gasteiger partial charge < -0.3 is 9.16 Å². The Morgan fingerprint density at radius 2 is 1.93 bits per heavy atom. The minimum Gasteiger partial charge on any atom is -0.467 e. The molecule has 0 aliphatic carbocycles. The van der Waals surface area contributed by atoms with Gasteiger partial charge in [0.2, 0.25) is 0 Å². The molecule has 1 aromatic carbocycles. The zero-order valence-electron chi connectivity index (χ0n) is 17.1. The molecule has 0 fully saturated rings. The molecule has 1 aromatic heterocycles. The van der Waals surface area contributed by atoms with Crippen molar-refractivity contribution < 1.29 is 14.0 Å². The average Bonchev–Trinajstić information content (AvgIpc) is 2.61. The summed E-state index contributed by atoms with van der Waals surface area (Å²) in [6.45, 7) is 11.5. The summed E-state index contributed by atoms with van der Waals surface area (Å²) in [5.41, 5.74) is 0.380. The Labute approximate surface area is 161 Å². The van der Waals surface area contributed by atoms with Crippen LogP contribution in [0.15, 0.2) is 35.4 Å². The fraction of sp³-hybridized carbons (Fsp3) is 0.550. The molecule has 0 saturated heterocycles. The lowest BCUT2D eigenvalue weighted by molar-refractivity contribution is -0.145. The van der Waals surface area contributed by atoms with Crippen molar-refractivity contribution in [2.45, 2.75) is 57.8 Å². The molecule has 0 unspecified atom stereocenters. The maximum atomic E-state index is 12.8. The molecule has 0 bridgehead atoms. The minimum atomic E-state index is -1.84. The van der Waals surface area contributed by atoms with Crippen LogP contribution >= 0.6 is 0 Å². The van der Waals surface area contributed by atoms with Crippen LogP contribution in [-0.4, -0.2) is 37.6 Å². The SMILES string of the molecule is COC(=O)[C@@H](CCCO[Si](C)(C)C(C)(C)C)n1cnc2ccccc2c1=O. The predicted molar refractivity (Wildman–Crippen MR) is 109 cm³/mol. The molecule has 0 amide bonds. The van der Waals surface area contributed by atoms with Crippen LogP contribution in [0, 0.1) is 0 Å². The Kier molecular flexibility index (Phi) is 6.59. The standard InChI is InChI=1S/C20H30N2O4Si/c1-20(2,3)27(5,6)26-13-9-12-17(19(24)25-4)22-14-21-16-11-8-7-10-15(16)18(22)23/h7-8,10-11,14,17H,9,12-13H2,1-6H3/t17-/m1/s1. The van der Waals surface area contributed by atoms with Crippen LogP contribution in [0.1, 0.15) is 39.7 Å². The van der Waals surface area contributed by atoms with Crippen LogP contribution in [0.2, 0.25) is 18.1 Å². The maximum Gasteiger partial charge on any atom is 0.329 e. The van der Waals surface area contributed by atoms with Crippen molar-refractivity contribution in [3.8, 4) is 0 Å². The average molecular weight is 391 g/mol. The lowest BCUT2D eigenvalue weighted by Crippen LogP contribution is -2.41. The van der Waals surface area contributed by atoms with E-state index in [1.54, 1.807) is 18.2 Å². The van der Waals surface area contributed by atoms with Crippen LogP contribution in [0.3, 0.4) is 0 Å². The second kappa shape index (κ2) is 8.35. The number of nitrogens with zero attached hydrogens (tertiary/aromatic N) is 2. The van der Waals surface area contributed by atoms with Gasteiger partial charge in [0.15, 0.2) is 8.32 Å². The number of carbonyl (C=O) groups is 1. The first-order valence-electron chi connectivity index (χ1n) is 9.26. The van der Waals surface area contributed by atoms with Crippen molar-refractivity contribution in [1.29, 1.82) is 0 Å². The lowest BCUT2D eigenvalue weighted by Gasteiger charge is -2.36. The first kappa shape index (κ1) is 21.3. The summed E-state index contributed by atoms with van der Waals surface area (Å²) in [4.78, 5) is 29.4. The van der Waals surface area contributed by atoms with Crippen molar-refractivity contribution in [3.05, 3.63) is 40.9 Å². The van der Waals surface area contributed by atoms with E-state index in [4.69, 9.17) is 9.16 Å². The van der Waals surface area contributed by atoms with Gasteiger partial charge in [-0.05, 0) is 43.1 Å². The zero-order chi connectivity index (χ0) is 20.2. The molecule has 1 atom stereocenters. The molecule has 0 N–H and O–H groups in total. The number of methoxy groups -OCH3 is 1. The van der Waals surface area contributed by atoms with Gasteiger partial charge in [-0.15, -0.1) is 0 Å². The Bertz CT molecular complexity index is 855. The van der Waals surface area contributed by atoms with Gasteiger partial charge in [-0.1, -0.05) is 32.9 Å². The smallest absolute Gasteiger partial charge is 0.329 e. The summed E-state index contributed by atoms with van der Waals surface area (Å²) in [6, 6.07) is 6.41. The molecular formula is C20H30N2O4Si. The Balaban J connectivity index is 2.17. The van der Waals surface area contributed by atoms with Crippen LogP contribution in [0.5, 0.6) is 0 Å². The van der Waals surface area contributed by atoms with Crippen LogP contribution < -0.4 is 5.56 Å². The van der Waals surface area contributed by atoms with Gasteiger partial charge in [0.1, 0.15) is 6.04 Å². The molecule has 0 radical (unpaired) electrons. The van der Waals surface area contributed by atoms with Gasteiger partial charge in [-0.25, -0.2) is 9.78 Å². The van der Waals surface area contributed by atoms with Gasteiger partial charge in [-0.2, -0.15) is 0 Å². The van der Waals surface area contributed by atoms with Crippen molar-refractivity contribution in [1.82, 2.24) is 9.55 Å². The third-order valence-electron chi connectivity index (χ3n) is 5.39. The Morgan fingerprint density at radius 3 is 2.56 bits per heavy atom. The van der Waals surface area contributed by atoms with E-state index in [2.05, 4.69) is 38.8 Å². The van der Waals surface area contributed by atoms with Gasteiger partial charge >= 0.3 is 5.97 Å².